The largest absolute Gasteiger partial charge is 0.474 e. The molecule has 0 radical (unpaired) electrons. The number of likely N-dealkylation sites (tertiary alicyclic amines) is 1. The molecule has 2 heterocycles. The van der Waals surface area contributed by atoms with Crippen molar-refractivity contribution in [2.24, 2.45) is 0 Å². The van der Waals surface area contributed by atoms with Gasteiger partial charge in [0.15, 0.2) is 5.69 Å². The molecule has 1 aliphatic heterocycles. The molecule has 4 rings (SSSR count). The normalized spacial score (nSPS) is 14.5. The second kappa shape index (κ2) is 8.81. The van der Waals surface area contributed by atoms with Crippen molar-refractivity contribution in [2.75, 3.05) is 26.2 Å². The van der Waals surface area contributed by atoms with Crippen LogP contribution in [-0.4, -0.2) is 41.1 Å². The predicted molar refractivity (Wildman–Crippen MR) is 108 cm³/mol. The molecule has 0 atom stereocenters. The van der Waals surface area contributed by atoms with E-state index in [-0.39, 0.29) is 5.82 Å². The van der Waals surface area contributed by atoms with E-state index in [1.807, 2.05) is 30.3 Å². The number of benzene rings is 2. The number of aromatic nitrogens is 2. The molecule has 0 bridgehead atoms. The summed E-state index contributed by atoms with van der Waals surface area (Å²) in [5, 5.41) is 0. The van der Waals surface area contributed by atoms with Crippen molar-refractivity contribution >= 4 is 11.0 Å². The molecule has 0 unspecified atom stereocenters. The number of hydrogen-bond donors (Lipinski definition) is 0. The molecule has 0 spiro atoms. The second-order valence-electron chi connectivity index (χ2n) is 6.88. The van der Waals surface area contributed by atoms with Gasteiger partial charge in [0.1, 0.15) is 12.4 Å². The Kier molecular flexibility index (Phi) is 5.79. The second-order valence-corrected chi connectivity index (χ2v) is 6.88. The average molecular weight is 375 g/mol. The SMILES string of the molecule is Fc1ccc2nc(C#Cc3ccccc3)c(OCCN3CCCCC3)nc2c1. The van der Waals surface area contributed by atoms with E-state index in [2.05, 4.69) is 26.7 Å². The van der Waals surface area contributed by atoms with E-state index in [4.69, 9.17) is 4.74 Å². The van der Waals surface area contributed by atoms with Crippen LogP contribution in [-0.2, 0) is 0 Å². The van der Waals surface area contributed by atoms with Crippen molar-refractivity contribution in [3.05, 3.63) is 65.6 Å². The molecule has 1 aromatic heterocycles. The Balaban J connectivity index is 1.59. The van der Waals surface area contributed by atoms with Gasteiger partial charge >= 0.3 is 0 Å². The Morgan fingerprint density at radius 3 is 2.57 bits per heavy atom. The molecular weight excluding hydrogens is 353 g/mol. The summed E-state index contributed by atoms with van der Waals surface area (Å²) in [4.78, 5) is 11.4. The smallest absolute Gasteiger partial charge is 0.249 e. The third kappa shape index (κ3) is 4.65. The summed E-state index contributed by atoms with van der Waals surface area (Å²) < 4.78 is 19.5. The first-order valence-electron chi connectivity index (χ1n) is 9.67. The molecule has 1 aliphatic rings. The van der Waals surface area contributed by atoms with E-state index in [1.54, 1.807) is 6.07 Å². The first kappa shape index (κ1) is 18.4. The lowest BCUT2D eigenvalue weighted by Crippen LogP contribution is -2.33. The topological polar surface area (TPSA) is 38.2 Å². The van der Waals surface area contributed by atoms with Crippen LogP contribution in [0.4, 0.5) is 4.39 Å². The molecule has 1 fully saturated rings. The zero-order valence-corrected chi connectivity index (χ0v) is 15.7. The van der Waals surface area contributed by atoms with Crippen LogP contribution in [0.5, 0.6) is 5.88 Å². The van der Waals surface area contributed by atoms with E-state index in [0.717, 1.165) is 25.2 Å². The summed E-state index contributed by atoms with van der Waals surface area (Å²) >= 11 is 0. The molecule has 0 amide bonds. The predicted octanol–water partition coefficient (Wildman–Crippen LogP) is 4.03. The fraction of sp³-hybridized carbons (Fsp3) is 0.304. The monoisotopic (exact) mass is 375 g/mol. The van der Waals surface area contributed by atoms with Crippen molar-refractivity contribution < 1.29 is 9.13 Å². The Morgan fingerprint density at radius 2 is 1.75 bits per heavy atom. The highest BCUT2D eigenvalue weighted by Gasteiger charge is 2.12. The minimum atomic E-state index is -0.343. The first-order chi connectivity index (χ1) is 13.8. The van der Waals surface area contributed by atoms with Gasteiger partial charge in [-0.05, 0) is 56.1 Å². The molecule has 28 heavy (non-hydrogen) atoms. The maximum absolute atomic E-state index is 13.6. The third-order valence-electron chi connectivity index (χ3n) is 4.79. The van der Waals surface area contributed by atoms with Crippen LogP contribution < -0.4 is 4.74 Å². The van der Waals surface area contributed by atoms with Crippen molar-refractivity contribution in [1.82, 2.24) is 14.9 Å². The molecule has 0 saturated carbocycles. The summed E-state index contributed by atoms with van der Waals surface area (Å²) in [6.45, 7) is 3.57. The lowest BCUT2D eigenvalue weighted by molar-refractivity contribution is 0.180. The van der Waals surface area contributed by atoms with Gasteiger partial charge in [-0.25, -0.2) is 14.4 Å². The minimum Gasteiger partial charge on any atom is -0.474 e. The standard InChI is InChI=1S/C23H22FN3O/c24-19-10-12-20-22(17-19)26-23(28-16-15-27-13-5-2-6-14-27)21(25-20)11-9-18-7-3-1-4-8-18/h1,3-4,7-8,10,12,17H,2,5-6,13-16H2. The van der Waals surface area contributed by atoms with Gasteiger partial charge in [-0.15, -0.1) is 0 Å². The van der Waals surface area contributed by atoms with Gasteiger partial charge in [0.25, 0.3) is 0 Å². The molecule has 0 N–H and O–H groups in total. The zero-order chi connectivity index (χ0) is 19.2. The summed E-state index contributed by atoms with van der Waals surface area (Å²) in [6, 6.07) is 14.1. The highest BCUT2D eigenvalue weighted by atomic mass is 19.1. The summed E-state index contributed by atoms with van der Waals surface area (Å²) in [7, 11) is 0. The van der Waals surface area contributed by atoms with Gasteiger partial charge in [-0.2, -0.15) is 0 Å². The van der Waals surface area contributed by atoms with E-state index >= 15 is 0 Å². The number of halogens is 1. The van der Waals surface area contributed by atoms with E-state index in [0.29, 0.717) is 29.2 Å². The molecule has 3 aromatic rings. The highest BCUT2D eigenvalue weighted by Crippen LogP contribution is 2.20. The van der Waals surface area contributed by atoms with E-state index in [9.17, 15) is 4.39 Å². The van der Waals surface area contributed by atoms with E-state index in [1.165, 1.54) is 31.4 Å². The zero-order valence-electron chi connectivity index (χ0n) is 15.7. The van der Waals surface area contributed by atoms with Crippen LogP contribution in [0.25, 0.3) is 11.0 Å². The van der Waals surface area contributed by atoms with Gasteiger partial charge in [0.05, 0.1) is 11.0 Å². The summed E-state index contributed by atoms with van der Waals surface area (Å²) in [5.74, 6) is 6.19. The van der Waals surface area contributed by atoms with Crippen molar-refractivity contribution in [3.8, 4) is 17.7 Å². The van der Waals surface area contributed by atoms with Gasteiger partial charge in [0.2, 0.25) is 5.88 Å². The molecule has 4 nitrogen and oxygen atoms in total. The van der Waals surface area contributed by atoms with Gasteiger partial charge in [-0.1, -0.05) is 30.5 Å². The molecule has 142 valence electrons. The Hall–Kier alpha value is -2.97. The number of rotatable bonds is 4. The van der Waals surface area contributed by atoms with Crippen LogP contribution >= 0.6 is 0 Å². The molecular formula is C23H22FN3O. The van der Waals surface area contributed by atoms with Gasteiger partial charge in [-0.3, -0.25) is 4.90 Å². The number of nitrogens with zero attached hydrogens (tertiary/aromatic N) is 3. The Bertz CT molecular complexity index is 1000. The fourth-order valence-electron chi connectivity index (χ4n) is 3.30. The van der Waals surface area contributed by atoms with E-state index < -0.39 is 0 Å². The van der Waals surface area contributed by atoms with Crippen molar-refractivity contribution in [1.29, 1.82) is 0 Å². The van der Waals surface area contributed by atoms with Crippen LogP contribution in [0.3, 0.4) is 0 Å². The quantitative estimate of drug-likeness (QED) is 0.645. The van der Waals surface area contributed by atoms with Gasteiger partial charge in [0, 0.05) is 18.2 Å². The molecule has 0 aliphatic carbocycles. The van der Waals surface area contributed by atoms with Crippen molar-refractivity contribution in [2.45, 2.75) is 19.3 Å². The minimum absolute atomic E-state index is 0.343. The van der Waals surface area contributed by atoms with Crippen LogP contribution in [0, 0.1) is 17.7 Å². The maximum atomic E-state index is 13.6. The first-order valence-corrected chi connectivity index (χ1v) is 9.67. The molecule has 1 saturated heterocycles. The maximum Gasteiger partial charge on any atom is 0.249 e. The number of ether oxygens (including phenoxy) is 1. The lowest BCUT2D eigenvalue weighted by atomic mass is 10.1. The summed E-state index contributed by atoms with van der Waals surface area (Å²) in [5.41, 5.74) is 2.43. The number of piperidine rings is 1. The van der Waals surface area contributed by atoms with Crippen molar-refractivity contribution in [3.63, 3.8) is 0 Å². The Labute approximate surface area is 164 Å². The van der Waals surface area contributed by atoms with Crippen LogP contribution in [0.15, 0.2) is 48.5 Å². The molecule has 5 heteroatoms. The number of hydrogen-bond acceptors (Lipinski definition) is 4. The third-order valence-corrected chi connectivity index (χ3v) is 4.79. The van der Waals surface area contributed by atoms with Crippen LogP contribution in [0.2, 0.25) is 0 Å². The fourth-order valence-corrected chi connectivity index (χ4v) is 3.30. The van der Waals surface area contributed by atoms with Gasteiger partial charge < -0.3 is 4.74 Å². The average Bonchev–Trinajstić information content (AvgIpc) is 2.74. The molecule has 2 aromatic carbocycles. The number of fused-ring (bicyclic) bond motifs is 1. The summed E-state index contributed by atoms with van der Waals surface area (Å²) in [6.07, 6.45) is 3.78. The Morgan fingerprint density at radius 1 is 0.929 bits per heavy atom. The van der Waals surface area contributed by atoms with Crippen LogP contribution in [0.1, 0.15) is 30.5 Å². The lowest BCUT2D eigenvalue weighted by Gasteiger charge is -2.26. The highest BCUT2D eigenvalue weighted by molar-refractivity contribution is 5.75.